The van der Waals surface area contributed by atoms with Gasteiger partial charge in [0.25, 0.3) is 5.91 Å². The van der Waals surface area contributed by atoms with Gasteiger partial charge in [0, 0.05) is 12.8 Å². The number of aromatic nitrogens is 1. The molecule has 0 aromatic carbocycles. The topological polar surface area (TPSA) is 77.2 Å². The van der Waals surface area contributed by atoms with E-state index in [1.54, 1.807) is 0 Å². The van der Waals surface area contributed by atoms with E-state index in [2.05, 4.69) is 10.3 Å². The van der Waals surface area contributed by atoms with Crippen LogP contribution in [-0.2, 0) is 4.74 Å². The zero-order chi connectivity index (χ0) is 13.1. The van der Waals surface area contributed by atoms with E-state index in [1.165, 1.54) is 12.3 Å². The van der Waals surface area contributed by atoms with Gasteiger partial charge in [0.2, 0.25) is 0 Å². The second-order valence-electron chi connectivity index (χ2n) is 4.37. The summed E-state index contributed by atoms with van der Waals surface area (Å²) >= 11 is 0. The summed E-state index contributed by atoms with van der Waals surface area (Å²) in [5, 5.41) is 2.72. The number of nitrogens with zero attached hydrogens (tertiary/aromatic N) is 1. The minimum atomic E-state index is -0.783. The number of hydrogen-bond acceptors (Lipinski definition) is 4. The van der Waals surface area contributed by atoms with Crippen LogP contribution in [0.4, 0.5) is 10.2 Å². The molecule has 1 aliphatic heterocycles. The van der Waals surface area contributed by atoms with Gasteiger partial charge in [-0.2, -0.15) is 0 Å². The highest BCUT2D eigenvalue weighted by molar-refractivity contribution is 5.95. The zero-order valence-corrected chi connectivity index (χ0v) is 10.1. The SMILES string of the molecule is CC(NC(=O)c1ccnc(N)c1F)C1CCCO1. The Hall–Kier alpha value is -1.69. The van der Waals surface area contributed by atoms with Gasteiger partial charge in [-0.05, 0) is 25.8 Å². The Balaban J connectivity index is 2.05. The molecule has 5 nitrogen and oxygen atoms in total. The summed E-state index contributed by atoms with van der Waals surface area (Å²) in [6.45, 7) is 2.55. The number of nitrogen functional groups attached to an aromatic ring is 1. The van der Waals surface area contributed by atoms with Gasteiger partial charge in [-0.15, -0.1) is 0 Å². The fourth-order valence-electron chi connectivity index (χ4n) is 2.01. The van der Waals surface area contributed by atoms with E-state index >= 15 is 0 Å². The minimum Gasteiger partial charge on any atom is -0.381 e. The lowest BCUT2D eigenvalue weighted by Crippen LogP contribution is -2.41. The number of nitrogens with two attached hydrogens (primary N) is 1. The van der Waals surface area contributed by atoms with Crippen LogP contribution in [0, 0.1) is 5.82 Å². The summed E-state index contributed by atoms with van der Waals surface area (Å²) in [6, 6.07) is 1.15. The number of anilines is 1. The van der Waals surface area contributed by atoms with Crippen LogP contribution in [0.3, 0.4) is 0 Å². The first-order valence-electron chi connectivity index (χ1n) is 5.92. The first kappa shape index (κ1) is 12.8. The van der Waals surface area contributed by atoms with Crippen molar-refractivity contribution in [1.82, 2.24) is 10.3 Å². The monoisotopic (exact) mass is 253 g/mol. The lowest BCUT2D eigenvalue weighted by molar-refractivity contribution is 0.0710. The van der Waals surface area contributed by atoms with Crippen LogP contribution in [0.1, 0.15) is 30.1 Å². The third-order valence-electron chi connectivity index (χ3n) is 3.04. The lowest BCUT2D eigenvalue weighted by atomic mass is 10.1. The van der Waals surface area contributed by atoms with Gasteiger partial charge in [0.1, 0.15) is 0 Å². The summed E-state index contributed by atoms with van der Waals surface area (Å²) in [7, 11) is 0. The smallest absolute Gasteiger partial charge is 0.254 e. The van der Waals surface area contributed by atoms with Crippen molar-refractivity contribution in [3.05, 3.63) is 23.6 Å². The molecule has 2 heterocycles. The van der Waals surface area contributed by atoms with Crippen LogP contribution < -0.4 is 11.1 Å². The summed E-state index contributed by atoms with van der Waals surface area (Å²) in [4.78, 5) is 15.5. The average molecular weight is 253 g/mol. The second kappa shape index (κ2) is 5.30. The fraction of sp³-hybridized carbons (Fsp3) is 0.500. The Kier molecular flexibility index (Phi) is 3.76. The Morgan fingerprint density at radius 1 is 1.72 bits per heavy atom. The standard InChI is InChI=1S/C12H16FN3O2/c1-7(9-3-2-6-18-9)16-12(17)8-4-5-15-11(14)10(8)13/h4-5,7,9H,2-3,6H2,1H3,(H2,14,15)(H,16,17). The van der Waals surface area contributed by atoms with Crippen molar-refractivity contribution in [2.24, 2.45) is 0 Å². The third-order valence-corrected chi connectivity index (χ3v) is 3.04. The largest absolute Gasteiger partial charge is 0.381 e. The number of halogens is 1. The Morgan fingerprint density at radius 3 is 3.17 bits per heavy atom. The van der Waals surface area contributed by atoms with E-state index in [4.69, 9.17) is 10.5 Å². The molecule has 18 heavy (non-hydrogen) atoms. The summed E-state index contributed by atoms with van der Waals surface area (Å²) in [5.74, 6) is -1.55. The lowest BCUT2D eigenvalue weighted by Gasteiger charge is -2.20. The van der Waals surface area contributed by atoms with Crippen molar-refractivity contribution in [3.63, 3.8) is 0 Å². The van der Waals surface area contributed by atoms with E-state index < -0.39 is 11.7 Å². The number of rotatable bonds is 3. The number of carbonyl (C=O) groups excluding carboxylic acids is 1. The van der Waals surface area contributed by atoms with Gasteiger partial charge >= 0.3 is 0 Å². The maximum atomic E-state index is 13.6. The number of hydrogen-bond donors (Lipinski definition) is 2. The molecule has 98 valence electrons. The van der Waals surface area contributed by atoms with Gasteiger partial charge in [-0.25, -0.2) is 9.37 Å². The van der Waals surface area contributed by atoms with E-state index in [1.807, 2.05) is 6.92 Å². The van der Waals surface area contributed by atoms with E-state index in [0.717, 1.165) is 12.8 Å². The summed E-state index contributed by atoms with van der Waals surface area (Å²) in [6.07, 6.45) is 3.20. The van der Waals surface area contributed by atoms with Crippen LogP contribution in [0.25, 0.3) is 0 Å². The van der Waals surface area contributed by atoms with Gasteiger partial charge in [0.15, 0.2) is 11.6 Å². The molecule has 0 radical (unpaired) electrons. The minimum absolute atomic E-state index is 0.00352. The van der Waals surface area contributed by atoms with E-state index in [0.29, 0.717) is 6.61 Å². The molecule has 0 spiro atoms. The molecule has 0 saturated carbocycles. The predicted molar refractivity (Wildman–Crippen MR) is 64.5 cm³/mol. The van der Waals surface area contributed by atoms with Crippen molar-refractivity contribution in [2.75, 3.05) is 12.3 Å². The first-order valence-corrected chi connectivity index (χ1v) is 5.92. The molecule has 2 rings (SSSR count). The van der Waals surface area contributed by atoms with Gasteiger partial charge in [-0.3, -0.25) is 4.79 Å². The molecule has 1 aromatic heterocycles. The number of amides is 1. The highest BCUT2D eigenvalue weighted by Gasteiger charge is 2.25. The maximum absolute atomic E-state index is 13.6. The quantitative estimate of drug-likeness (QED) is 0.845. The first-order chi connectivity index (χ1) is 8.59. The number of nitrogens with one attached hydrogen (secondary N) is 1. The molecule has 1 saturated heterocycles. The second-order valence-corrected chi connectivity index (χ2v) is 4.37. The third kappa shape index (κ3) is 2.59. The van der Waals surface area contributed by atoms with Gasteiger partial charge < -0.3 is 15.8 Å². The Bertz CT molecular complexity index is 447. The van der Waals surface area contributed by atoms with Gasteiger partial charge in [0.05, 0.1) is 17.7 Å². The molecular weight excluding hydrogens is 237 g/mol. The zero-order valence-electron chi connectivity index (χ0n) is 10.1. The Labute approximate surface area is 105 Å². The molecule has 2 unspecified atom stereocenters. The van der Waals surface area contributed by atoms with Crippen LogP contribution in [-0.4, -0.2) is 29.6 Å². The van der Waals surface area contributed by atoms with Crippen LogP contribution in [0.5, 0.6) is 0 Å². The molecule has 1 aromatic rings. The molecule has 0 aliphatic carbocycles. The number of carbonyl (C=O) groups is 1. The maximum Gasteiger partial charge on any atom is 0.254 e. The van der Waals surface area contributed by atoms with Crippen molar-refractivity contribution < 1.29 is 13.9 Å². The number of ether oxygens (including phenoxy) is 1. The highest BCUT2D eigenvalue weighted by atomic mass is 19.1. The molecular formula is C12H16FN3O2. The molecule has 0 bridgehead atoms. The van der Waals surface area contributed by atoms with Crippen molar-refractivity contribution >= 4 is 11.7 Å². The summed E-state index contributed by atoms with van der Waals surface area (Å²) < 4.78 is 19.1. The normalized spacial score (nSPS) is 20.7. The number of pyridine rings is 1. The van der Waals surface area contributed by atoms with Crippen molar-refractivity contribution in [2.45, 2.75) is 31.9 Å². The molecule has 3 N–H and O–H groups in total. The van der Waals surface area contributed by atoms with Crippen LogP contribution in [0.15, 0.2) is 12.3 Å². The predicted octanol–water partition coefficient (Wildman–Crippen LogP) is 1.10. The molecule has 2 atom stereocenters. The molecule has 1 fully saturated rings. The van der Waals surface area contributed by atoms with E-state index in [9.17, 15) is 9.18 Å². The highest BCUT2D eigenvalue weighted by Crippen LogP contribution is 2.17. The molecule has 1 amide bonds. The molecule has 1 aliphatic rings. The van der Waals surface area contributed by atoms with Gasteiger partial charge in [-0.1, -0.05) is 0 Å². The van der Waals surface area contributed by atoms with Crippen molar-refractivity contribution in [3.8, 4) is 0 Å². The van der Waals surface area contributed by atoms with Crippen molar-refractivity contribution in [1.29, 1.82) is 0 Å². The summed E-state index contributed by atoms with van der Waals surface area (Å²) in [5.41, 5.74) is 5.23. The Morgan fingerprint density at radius 2 is 2.50 bits per heavy atom. The van der Waals surface area contributed by atoms with Crippen LogP contribution in [0.2, 0.25) is 0 Å². The average Bonchev–Trinajstić information content (AvgIpc) is 2.86. The van der Waals surface area contributed by atoms with Crippen LogP contribution >= 0.6 is 0 Å². The fourth-order valence-corrected chi connectivity index (χ4v) is 2.01. The molecule has 6 heteroatoms. The van der Waals surface area contributed by atoms with E-state index in [-0.39, 0.29) is 23.5 Å².